The van der Waals surface area contributed by atoms with Gasteiger partial charge in [-0.3, -0.25) is 14.4 Å². The molecular weight excluding hydrogens is 386 g/mol. The van der Waals surface area contributed by atoms with E-state index in [9.17, 15) is 19.5 Å². The van der Waals surface area contributed by atoms with Gasteiger partial charge in [-0.25, -0.2) is 0 Å². The number of carbonyl (C=O) groups is 3. The molecule has 0 aromatic rings. The summed E-state index contributed by atoms with van der Waals surface area (Å²) in [5.41, 5.74) is -1.72. The van der Waals surface area contributed by atoms with E-state index in [1.165, 1.54) is 11.3 Å². The zero-order chi connectivity index (χ0) is 21.7. The second-order valence-electron chi connectivity index (χ2n) is 9.57. The first-order valence-corrected chi connectivity index (χ1v) is 11.5. The molecule has 168 valence electrons. The summed E-state index contributed by atoms with van der Waals surface area (Å²) in [7, 11) is 1.57. The molecule has 8 nitrogen and oxygen atoms in total. The van der Waals surface area contributed by atoms with Crippen LogP contribution in [0.25, 0.3) is 0 Å². The van der Waals surface area contributed by atoms with E-state index in [1.54, 1.807) is 14.0 Å². The van der Waals surface area contributed by atoms with Crippen molar-refractivity contribution in [3.63, 3.8) is 0 Å². The van der Waals surface area contributed by atoms with Gasteiger partial charge < -0.3 is 25.4 Å². The maximum Gasteiger partial charge on any atom is 0.246 e. The quantitative estimate of drug-likeness (QED) is 0.586. The first-order valence-electron chi connectivity index (χ1n) is 11.5. The van der Waals surface area contributed by atoms with E-state index in [0.29, 0.717) is 19.3 Å². The van der Waals surface area contributed by atoms with Crippen molar-refractivity contribution >= 4 is 17.7 Å². The number of hydrogen-bond acceptors (Lipinski definition) is 5. The van der Waals surface area contributed by atoms with Crippen molar-refractivity contribution < 1.29 is 24.2 Å². The van der Waals surface area contributed by atoms with E-state index >= 15 is 0 Å². The third-order valence-electron chi connectivity index (χ3n) is 8.09. The fourth-order valence-electron chi connectivity index (χ4n) is 6.60. The minimum Gasteiger partial charge on any atom is -0.394 e. The Morgan fingerprint density at radius 3 is 2.53 bits per heavy atom. The van der Waals surface area contributed by atoms with Crippen molar-refractivity contribution in [1.82, 2.24) is 15.5 Å². The molecule has 0 aromatic carbocycles. The Bertz CT molecular complexity index is 724. The SMILES string of the molecule is CC[C@@]12CCC3(O1)C(C(=O)NC1CCCCC1)N([C@H](C)CO)C(=O)[C@@H]3[C@@H]2C(=O)NC. The van der Waals surface area contributed by atoms with E-state index in [1.807, 2.05) is 6.92 Å². The number of carbonyl (C=O) groups excluding carboxylic acids is 3. The second kappa shape index (κ2) is 7.79. The van der Waals surface area contributed by atoms with Crippen LogP contribution >= 0.6 is 0 Å². The van der Waals surface area contributed by atoms with Crippen molar-refractivity contribution in [3.8, 4) is 0 Å². The van der Waals surface area contributed by atoms with Crippen molar-refractivity contribution in [3.05, 3.63) is 0 Å². The Hall–Kier alpha value is -1.67. The van der Waals surface area contributed by atoms with Crippen LogP contribution in [-0.4, -0.2) is 70.7 Å². The fraction of sp³-hybridized carbons (Fsp3) is 0.864. The molecule has 3 N–H and O–H groups in total. The maximum absolute atomic E-state index is 13.6. The minimum absolute atomic E-state index is 0.108. The van der Waals surface area contributed by atoms with E-state index in [-0.39, 0.29) is 30.4 Å². The topological polar surface area (TPSA) is 108 Å². The van der Waals surface area contributed by atoms with Gasteiger partial charge in [-0.2, -0.15) is 0 Å². The van der Waals surface area contributed by atoms with Crippen LogP contribution in [0.5, 0.6) is 0 Å². The summed E-state index contributed by atoms with van der Waals surface area (Å²) in [4.78, 5) is 41.6. The number of nitrogens with zero attached hydrogens (tertiary/aromatic N) is 1. The fourth-order valence-corrected chi connectivity index (χ4v) is 6.60. The summed E-state index contributed by atoms with van der Waals surface area (Å²) in [5.74, 6) is -1.97. The molecule has 3 heterocycles. The van der Waals surface area contributed by atoms with Crippen molar-refractivity contribution in [2.45, 2.75) is 94.5 Å². The lowest BCUT2D eigenvalue weighted by Crippen LogP contribution is -2.59. The van der Waals surface area contributed by atoms with Gasteiger partial charge in [0.2, 0.25) is 17.7 Å². The lowest BCUT2D eigenvalue weighted by Gasteiger charge is -2.37. The predicted octanol–water partition coefficient (Wildman–Crippen LogP) is 0.717. The van der Waals surface area contributed by atoms with Crippen LogP contribution in [0.4, 0.5) is 0 Å². The van der Waals surface area contributed by atoms with Gasteiger partial charge in [-0.1, -0.05) is 26.2 Å². The highest BCUT2D eigenvalue weighted by molar-refractivity contribution is 5.99. The third-order valence-corrected chi connectivity index (χ3v) is 8.09. The molecule has 3 aliphatic heterocycles. The van der Waals surface area contributed by atoms with Crippen LogP contribution in [0.2, 0.25) is 0 Å². The molecule has 0 radical (unpaired) electrons. The number of aliphatic hydroxyl groups excluding tert-OH is 1. The van der Waals surface area contributed by atoms with Crippen LogP contribution in [0.15, 0.2) is 0 Å². The second-order valence-corrected chi connectivity index (χ2v) is 9.57. The lowest BCUT2D eigenvalue weighted by atomic mass is 9.65. The average molecular weight is 422 g/mol. The van der Waals surface area contributed by atoms with Crippen molar-refractivity contribution in [1.29, 1.82) is 0 Å². The third kappa shape index (κ3) is 2.90. The Morgan fingerprint density at radius 1 is 1.23 bits per heavy atom. The van der Waals surface area contributed by atoms with E-state index in [2.05, 4.69) is 10.6 Å². The number of aliphatic hydroxyl groups is 1. The van der Waals surface area contributed by atoms with E-state index < -0.39 is 35.1 Å². The van der Waals surface area contributed by atoms with Gasteiger partial charge in [0, 0.05) is 13.1 Å². The van der Waals surface area contributed by atoms with Crippen molar-refractivity contribution in [2.75, 3.05) is 13.7 Å². The number of ether oxygens (including phenoxy) is 1. The van der Waals surface area contributed by atoms with Gasteiger partial charge in [0.05, 0.1) is 30.1 Å². The molecule has 3 amide bonds. The molecule has 1 spiro atoms. The van der Waals surface area contributed by atoms with Gasteiger partial charge in [0.15, 0.2) is 0 Å². The number of amides is 3. The molecule has 0 aromatic heterocycles. The normalized spacial score (nSPS) is 39.1. The molecule has 6 atom stereocenters. The molecule has 1 aliphatic carbocycles. The molecule has 8 heteroatoms. The lowest BCUT2D eigenvalue weighted by molar-refractivity contribution is -0.150. The standard InChI is InChI=1S/C22H35N3O5/c1-4-21-10-11-22(30-21)16(15(21)18(27)23-3)20(29)25(13(2)12-26)17(22)19(28)24-14-8-6-5-7-9-14/h13-17,26H,4-12H2,1-3H3,(H,23,27)(H,24,28)/t13-,15-,16+,17?,21+,22?/m1/s1. The number of likely N-dealkylation sites (tertiary alicyclic amines) is 1. The van der Waals surface area contributed by atoms with Gasteiger partial charge >= 0.3 is 0 Å². The molecule has 4 fully saturated rings. The highest BCUT2D eigenvalue weighted by Gasteiger charge is 2.78. The Balaban J connectivity index is 1.73. The Morgan fingerprint density at radius 2 is 1.93 bits per heavy atom. The number of hydrogen-bond donors (Lipinski definition) is 3. The summed E-state index contributed by atoms with van der Waals surface area (Å²) in [6.45, 7) is 3.48. The number of nitrogens with one attached hydrogen (secondary N) is 2. The van der Waals surface area contributed by atoms with E-state index in [0.717, 1.165) is 25.7 Å². The summed E-state index contributed by atoms with van der Waals surface area (Å²) >= 11 is 0. The van der Waals surface area contributed by atoms with Gasteiger partial charge in [0.25, 0.3) is 0 Å². The zero-order valence-corrected chi connectivity index (χ0v) is 18.3. The summed E-state index contributed by atoms with van der Waals surface area (Å²) in [6.07, 6.45) is 7.09. The minimum atomic E-state index is -1.01. The largest absolute Gasteiger partial charge is 0.394 e. The predicted molar refractivity (Wildman–Crippen MR) is 109 cm³/mol. The Kier molecular flexibility index (Phi) is 5.60. The molecule has 30 heavy (non-hydrogen) atoms. The van der Waals surface area contributed by atoms with E-state index in [4.69, 9.17) is 4.74 Å². The summed E-state index contributed by atoms with van der Waals surface area (Å²) < 4.78 is 6.61. The number of rotatable bonds is 6. The summed E-state index contributed by atoms with van der Waals surface area (Å²) in [5, 5.41) is 15.7. The molecule has 4 rings (SSSR count). The smallest absolute Gasteiger partial charge is 0.246 e. The molecule has 2 bridgehead atoms. The number of fused-ring (bicyclic) bond motifs is 1. The highest BCUT2D eigenvalue weighted by atomic mass is 16.5. The van der Waals surface area contributed by atoms with Crippen LogP contribution in [0.3, 0.4) is 0 Å². The van der Waals surface area contributed by atoms with Crippen LogP contribution in [0, 0.1) is 11.8 Å². The first kappa shape index (κ1) is 21.6. The van der Waals surface area contributed by atoms with Crippen LogP contribution in [-0.2, 0) is 19.1 Å². The monoisotopic (exact) mass is 421 g/mol. The van der Waals surface area contributed by atoms with Crippen molar-refractivity contribution in [2.24, 2.45) is 11.8 Å². The molecule has 3 saturated heterocycles. The summed E-state index contributed by atoms with van der Waals surface area (Å²) in [6, 6.07) is -1.23. The average Bonchev–Trinajstić information content (AvgIpc) is 3.37. The molecule has 4 aliphatic rings. The van der Waals surface area contributed by atoms with Crippen LogP contribution in [0.1, 0.15) is 65.2 Å². The van der Waals surface area contributed by atoms with Gasteiger partial charge in [-0.15, -0.1) is 0 Å². The highest BCUT2D eigenvalue weighted by Crippen LogP contribution is 2.64. The first-order chi connectivity index (χ1) is 14.3. The van der Waals surface area contributed by atoms with Gasteiger partial charge in [-0.05, 0) is 39.0 Å². The maximum atomic E-state index is 13.6. The Labute approximate surface area is 178 Å². The molecule has 2 unspecified atom stereocenters. The zero-order valence-electron chi connectivity index (χ0n) is 18.3. The van der Waals surface area contributed by atoms with Crippen LogP contribution < -0.4 is 10.6 Å². The molecular formula is C22H35N3O5. The van der Waals surface area contributed by atoms with Gasteiger partial charge in [0.1, 0.15) is 11.6 Å². The molecule has 1 saturated carbocycles.